The molecule has 0 bridgehead atoms. The Kier molecular flexibility index (Phi) is 5.07. The molecule has 0 unspecified atom stereocenters. The monoisotopic (exact) mass is 268 g/mol. The van der Waals surface area contributed by atoms with Gasteiger partial charge in [-0.1, -0.05) is 40.7 Å². The SMILES string of the molecule is C=C(Br)CNCC(=O)Nc1ccccc1. The van der Waals surface area contributed by atoms with Gasteiger partial charge in [-0.3, -0.25) is 4.79 Å². The van der Waals surface area contributed by atoms with Gasteiger partial charge in [0.2, 0.25) is 5.91 Å². The van der Waals surface area contributed by atoms with E-state index in [9.17, 15) is 4.79 Å². The minimum atomic E-state index is -0.0602. The summed E-state index contributed by atoms with van der Waals surface area (Å²) in [4.78, 5) is 11.4. The van der Waals surface area contributed by atoms with E-state index in [1.807, 2.05) is 30.3 Å². The quantitative estimate of drug-likeness (QED) is 0.859. The van der Waals surface area contributed by atoms with Gasteiger partial charge in [-0.15, -0.1) is 0 Å². The van der Waals surface area contributed by atoms with E-state index in [0.29, 0.717) is 6.54 Å². The standard InChI is InChI=1S/C11H13BrN2O/c1-9(12)7-13-8-11(15)14-10-5-3-2-4-6-10/h2-6,13H,1,7-8H2,(H,14,15). The van der Waals surface area contributed by atoms with Crippen LogP contribution in [0.1, 0.15) is 0 Å². The molecule has 0 aromatic heterocycles. The molecular formula is C11H13BrN2O. The summed E-state index contributed by atoms with van der Waals surface area (Å²) in [6.45, 7) is 4.52. The topological polar surface area (TPSA) is 41.1 Å². The summed E-state index contributed by atoms with van der Waals surface area (Å²) in [7, 11) is 0. The molecule has 3 nitrogen and oxygen atoms in total. The maximum atomic E-state index is 11.4. The van der Waals surface area contributed by atoms with Crippen LogP contribution in [0.4, 0.5) is 5.69 Å². The van der Waals surface area contributed by atoms with E-state index in [4.69, 9.17) is 0 Å². The van der Waals surface area contributed by atoms with Gasteiger partial charge in [-0.2, -0.15) is 0 Å². The van der Waals surface area contributed by atoms with Crippen molar-refractivity contribution in [2.45, 2.75) is 0 Å². The molecule has 0 aliphatic heterocycles. The summed E-state index contributed by atoms with van der Waals surface area (Å²) in [5.41, 5.74) is 0.807. The van der Waals surface area contributed by atoms with Crippen molar-refractivity contribution < 1.29 is 4.79 Å². The molecule has 0 saturated heterocycles. The van der Waals surface area contributed by atoms with Crippen molar-refractivity contribution >= 4 is 27.5 Å². The smallest absolute Gasteiger partial charge is 0.238 e. The Morgan fingerprint density at radius 2 is 1.93 bits per heavy atom. The molecule has 15 heavy (non-hydrogen) atoms. The summed E-state index contributed by atoms with van der Waals surface area (Å²) in [6, 6.07) is 9.36. The molecule has 1 rings (SSSR count). The number of carbonyl (C=O) groups is 1. The molecule has 0 aliphatic carbocycles. The van der Waals surface area contributed by atoms with Gasteiger partial charge >= 0.3 is 0 Å². The van der Waals surface area contributed by atoms with E-state index in [2.05, 4.69) is 33.1 Å². The van der Waals surface area contributed by atoms with E-state index in [0.717, 1.165) is 10.2 Å². The minimum Gasteiger partial charge on any atom is -0.325 e. The van der Waals surface area contributed by atoms with Crippen molar-refractivity contribution in [3.8, 4) is 0 Å². The van der Waals surface area contributed by atoms with E-state index in [1.54, 1.807) is 0 Å². The summed E-state index contributed by atoms with van der Waals surface area (Å²) < 4.78 is 0.829. The van der Waals surface area contributed by atoms with Gasteiger partial charge in [0.05, 0.1) is 6.54 Å². The predicted octanol–water partition coefficient (Wildman–Crippen LogP) is 2.12. The molecule has 0 fully saturated rings. The molecule has 0 spiro atoms. The molecule has 0 aliphatic rings. The highest BCUT2D eigenvalue weighted by Gasteiger charge is 2.00. The molecular weight excluding hydrogens is 256 g/mol. The largest absolute Gasteiger partial charge is 0.325 e. The highest BCUT2D eigenvalue weighted by atomic mass is 79.9. The third-order valence-corrected chi connectivity index (χ3v) is 1.94. The first-order valence-electron chi connectivity index (χ1n) is 4.57. The van der Waals surface area contributed by atoms with Gasteiger partial charge in [-0.25, -0.2) is 0 Å². The van der Waals surface area contributed by atoms with Crippen LogP contribution in [0.25, 0.3) is 0 Å². The Morgan fingerprint density at radius 3 is 2.53 bits per heavy atom. The number of hydrogen-bond acceptors (Lipinski definition) is 2. The van der Waals surface area contributed by atoms with Crippen LogP contribution in [0.2, 0.25) is 0 Å². The Labute approximate surface area is 97.7 Å². The molecule has 1 amide bonds. The van der Waals surface area contributed by atoms with E-state index in [1.165, 1.54) is 0 Å². The molecule has 4 heteroatoms. The number of amides is 1. The summed E-state index contributed by atoms with van der Waals surface area (Å²) >= 11 is 3.20. The molecule has 1 aromatic carbocycles. The Morgan fingerprint density at radius 1 is 1.27 bits per heavy atom. The first-order valence-corrected chi connectivity index (χ1v) is 5.36. The fourth-order valence-electron chi connectivity index (χ4n) is 1.04. The third kappa shape index (κ3) is 5.34. The number of para-hydroxylation sites is 1. The van der Waals surface area contributed by atoms with Gasteiger partial charge in [0, 0.05) is 16.7 Å². The van der Waals surface area contributed by atoms with Crippen molar-refractivity contribution in [3.05, 3.63) is 41.4 Å². The Hall–Kier alpha value is -1.13. The van der Waals surface area contributed by atoms with Crippen molar-refractivity contribution in [1.29, 1.82) is 0 Å². The van der Waals surface area contributed by atoms with Gasteiger partial charge < -0.3 is 10.6 Å². The summed E-state index contributed by atoms with van der Waals surface area (Å²) in [5.74, 6) is -0.0602. The van der Waals surface area contributed by atoms with Crippen molar-refractivity contribution in [3.63, 3.8) is 0 Å². The van der Waals surface area contributed by atoms with Crippen LogP contribution in [-0.4, -0.2) is 19.0 Å². The molecule has 2 N–H and O–H groups in total. The fourth-order valence-corrected chi connectivity index (χ4v) is 1.24. The lowest BCUT2D eigenvalue weighted by Crippen LogP contribution is -2.28. The van der Waals surface area contributed by atoms with Gasteiger partial charge in [0.1, 0.15) is 0 Å². The molecule has 0 atom stereocenters. The number of benzene rings is 1. The summed E-state index contributed by atoms with van der Waals surface area (Å²) in [6.07, 6.45) is 0. The zero-order valence-corrected chi connectivity index (χ0v) is 9.88. The van der Waals surface area contributed by atoms with E-state index in [-0.39, 0.29) is 12.5 Å². The number of carbonyl (C=O) groups excluding carboxylic acids is 1. The lowest BCUT2D eigenvalue weighted by Gasteiger charge is -2.05. The molecule has 0 saturated carbocycles. The minimum absolute atomic E-state index is 0.0602. The normalized spacial score (nSPS) is 9.67. The predicted molar refractivity (Wildman–Crippen MR) is 66.0 cm³/mol. The number of nitrogens with one attached hydrogen (secondary N) is 2. The van der Waals surface area contributed by atoms with Crippen LogP contribution in [0.15, 0.2) is 41.4 Å². The second kappa shape index (κ2) is 6.37. The van der Waals surface area contributed by atoms with Crippen LogP contribution in [0.3, 0.4) is 0 Å². The lowest BCUT2D eigenvalue weighted by atomic mass is 10.3. The van der Waals surface area contributed by atoms with Crippen molar-refractivity contribution in [1.82, 2.24) is 5.32 Å². The molecule has 0 radical (unpaired) electrons. The zero-order valence-electron chi connectivity index (χ0n) is 8.29. The van der Waals surface area contributed by atoms with E-state index < -0.39 is 0 Å². The third-order valence-electron chi connectivity index (χ3n) is 1.66. The fraction of sp³-hybridized carbons (Fsp3) is 0.182. The number of hydrogen-bond donors (Lipinski definition) is 2. The van der Waals surface area contributed by atoms with Crippen molar-refractivity contribution in [2.75, 3.05) is 18.4 Å². The highest BCUT2D eigenvalue weighted by molar-refractivity contribution is 9.11. The van der Waals surface area contributed by atoms with Crippen molar-refractivity contribution in [2.24, 2.45) is 0 Å². The molecule has 0 heterocycles. The lowest BCUT2D eigenvalue weighted by molar-refractivity contribution is -0.115. The average Bonchev–Trinajstić information content (AvgIpc) is 2.18. The van der Waals surface area contributed by atoms with Crippen LogP contribution in [0.5, 0.6) is 0 Å². The molecule has 1 aromatic rings. The number of halogens is 1. The summed E-state index contributed by atoms with van der Waals surface area (Å²) in [5, 5.41) is 5.72. The van der Waals surface area contributed by atoms with Crippen LogP contribution in [-0.2, 0) is 4.79 Å². The Bertz CT molecular complexity index is 338. The van der Waals surface area contributed by atoms with Gasteiger partial charge in [-0.05, 0) is 12.1 Å². The van der Waals surface area contributed by atoms with Gasteiger partial charge in [0.25, 0.3) is 0 Å². The van der Waals surface area contributed by atoms with Crippen LogP contribution >= 0.6 is 15.9 Å². The first kappa shape index (κ1) is 11.9. The van der Waals surface area contributed by atoms with Crippen LogP contribution in [0, 0.1) is 0 Å². The Balaban J connectivity index is 2.28. The first-order chi connectivity index (χ1) is 7.18. The second-order valence-corrected chi connectivity index (χ2v) is 4.16. The maximum Gasteiger partial charge on any atom is 0.238 e. The number of anilines is 1. The molecule has 80 valence electrons. The average molecular weight is 269 g/mol. The zero-order chi connectivity index (χ0) is 11.1. The second-order valence-electron chi connectivity index (χ2n) is 3.04. The van der Waals surface area contributed by atoms with Crippen LogP contribution < -0.4 is 10.6 Å². The number of rotatable bonds is 5. The van der Waals surface area contributed by atoms with Gasteiger partial charge in [0.15, 0.2) is 0 Å². The van der Waals surface area contributed by atoms with E-state index >= 15 is 0 Å². The maximum absolute atomic E-state index is 11.4. The highest BCUT2D eigenvalue weighted by Crippen LogP contribution is 2.04.